The lowest BCUT2D eigenvalue weighted by atomic mass is 10.7. The van der Waals surface area contributed by atoms with Crippen molar-refractivity contribution < 1.29 is 9.66 Å². The lowest BCUT2D eigenvalue weighted by Gasteiger charge is -2.00. The number of nitrogens with zero attached hydrogens (tertiary/aromatic N) is 1. The molecule has 0 saturated heterocycles. The molecule has 0 aliphatic heterocycles. The lowest BCUT2D eigenvalue weighted by molar-refractivity contribution is -0.483. The van der Waals surface area contributed by atoms with Gasteiger partial charge >= 0.3 is 0 Å². The van der Waals surface area contributed by atoms with E-state index in [0.29, 0.717) is 0 Å². The second-order valence-electron chi connectivity index (χ2n) is 1.47. The topological polar surface area (TPSA) is 52.4 Å². The Kier molecular flexibility index (Phi) is 4.61. The molecule has 0 saturated carbocycles. The monoisotopic (exact) mass is 197 g/mol. The van der Waals surface area contributed by atoms with Crippen molar-refractivity contribution in [3.05, 3.63) is 10.1 Å². The third kappa shape index (κ3) is 7.84. The summed E-state index contributed by atoms with van der Waals surface area (Å²) in [7, 11) is 0. The Hall–Kier alpha value is -0.160. The highest BCUT2D eigenvalue weighted by atomic mass is 79.9. The Morgan fingerprint density at radius 2 is 2.44 bits per heavy atom. The van der Waals surface area contributed by atoms with Gasteiger partial charge in [-0.05, 0) is 6.92 Å². The Morgan fingerprint density at radius 1 is 1.89 bits per heavy atom. The normalized spacial score (nSPS) is 13.1. The third-order valence-electron chi connectivity index (χ3n) is 0.621. The highest BCUT2D eigenvalue weighted by Crippen LogP contribution is 1.97. The fraction of sp³-hybridized carbons (Fsp3) is 1.00. The van der Waals surface area contributed by atoms with Gasteiger partial charge in [0.2, 0.25) is 6.54 Å². The molecule has 0 N–H and O–H groups in total. The molecular weight excluding hydrogens is 190 g/mol. The van der Waals surface area contributed by atoms with E-state index in [1.807, 2.05) is 0 Å². The van der Waals surface area contributed by atoms with E-state index in [0.717, 1.165) is 0 Å². The van der Waals surface area contributed by atoms with Gasteiger partial charge in [-0.3, -0.25) is 10.1 Å². The van der Waals surface area contributed by atoms with E-state index in [1.165, 1.54) is 0 Å². The molecule has 0 aromatic heterocycles. The van der Waals surface area contributed by atoms with Crippen molar-refractivity contribution in [1.29, 1.82) is 0 Å². The van der Waals surface area contributed by atoms with Crippen molar-refractivity contribution in [3.8, 4) is 0 Å². The fourth-order valence-corrected chi connectivity index (χ4v) is 0.477. The van der Waals surface area contributed by atoms with Crippen molar-refractivity contribution in [1.82, 2.24) is 0 Å². The van der Waals surface area contributed by atoms with Crippen LogP contribution in [0, 0.1) is 10.1 Å². The number of halogens is 1. The van der Waals surface area contributed by atoms with Crippen molar-refractivity contribution in [2.75, 3.05) is 13.2 Å². The fourth-order valence-electron chi connectivity index (χ4n) is 0.290. The highest BCUT2D eigenvalue weighted by molar-refractivity contribution is 9.09. The van der Waals surface area contributed by atoms with Gasteiger partial charge in [-0.25, -0.2) is 0 Å². The summed E-state index contributed by atoms with van der Waals surface area (Å²) in [6.07, 6.45) is 0. The van der Waals surface area contributed by atoms with E-state index in [9.17, 15) is 10.1 Å². The van der Waals surface area contributed by atoms with Gasteiger partial charge in [0.1, 0.15) is 11.6 Å². The first-order chi connectivity index (χ1) is 4.13. The van der Waals surface area contributed by atoms with Crippen LogP contribution >= 0.6 is 15.9 Å². The first kappa shape index (κ1) is 8.84. The molecule has 0 amide bonds. The van der Waals surface area contributed by atoms with Crippen LogP contribution in [-0.2, 0) is 4.74 Å². The molecule has 1 atom stereocenters. The maximum absolute atomic E-state index is 9.69. The predicted molar refractivity (Wildman–Crippen MR) is 36.2 cm³/mol. The largest absolute Gasteiger partial charge is 0.360 e. The van der Waals surface area contributed by atoms with Gasteiger partial charge in [-0.15, -0.1) is 0 Å². The number of ether oxygens (including phenoxy) is 1. The lowest BCUT2D eigenvalue weighted by Crippen LogP contribution is -2.11. The van der Waals surface area contributed by atoms with Crippen LogP contribution in [-0.4, -0.2) is 23.1 Å². The molecule has 0 bridgehead atoms. The van der Waals surface area contributed by atoms with E-state index in [1.54, 1.807) is 6.92 Å². The molecule has 0 aliphatic rings. The Morgan fingerprint density at radius 3 is 2.78 bits per heavy atom. The summed E-state index contributed by atoms with van der Waals surface area (Å²) < 4.78 is 4.83. The zero-order valence-electron chi connectivity index (χ0n) is 5.04. The molecule has 0 radical (unpaired) electrons. The quantitative estimate of drug-likeness (QED) is 0.385. The van der Waals surface area contributed by atoms with E-state index in [-0.39, 0.29) is 18.2 Å². The first-order valence-corrected chi connectivity index (χ1v) is 3.42. The Balaban J connectivity index is 3.01. The molecule has 0 spiro atoms. The summed E-state index contributed by atoms with van der Waals surface area (Å²) in [6, 6.07) is 0. The summed E-state index contributed by atoms with van der Waals surface area (Å²) in [5.41, 5.74) is 0. The molecular formula is C4H8BrNO3. The van der Waals surface area contributed by atoms with E-state index in [2.05, 4.69) is 15.9 Å². The average molecular weight is 198 g/mol. The van der Waals surface area contributed by atoms with Gasteiger partial charge in [-0.2, -0.15) is 0 Å². The van der Waals surface area contributed by atoms with Crippen LogP contribution < -0.4 is 0 Å². The van der Waals surface area contributed by atoms with Gasteiger partial charge in [0.15, 0.2) is 0 Å². The Bertz CT molecular complexity index is 95.8. The van der Waals surface area contributed by atoms with Crippen LogP contribution in [0.3, 0.4) is 0 Å². The van der Waals surface area contributed by atoms with Crippen molar-refractivity contribution >= 4 is 15.9 Å². The second kappa shape index (κ2) is 4.69. The standard InChI is InChI=1S/C4H8BrNO3/c1-4(5)9-3-2-6(7)8/h4H,2-3H2,1H3. The second-order valence-corrected chi connectivity index (χ2v) is 2.76. The molecule has 0 rings (SSSR count). The summed E-state index contributed by atoms with van der Waals surface area (Å²) in [6.45, 7) is 1.80. The summed E-state index contributed by atoms with van der Waals surface area (Å²) >= 11 is 3.08. The third-order valence-corrected chi connectivity index (χ3v) is 0.886. The van der Waals surface area contributed by atoms with Gasteiger partial charge < -0.3 is 4.74 Å². The molecule has 54 valence electrons. The van der Waals surface area contributed by atoms with Gasteiger partial charge in [0, 0.05) is 4.92 Å². The van der Waals surface area contributed by atoms with Crippen LogP contribution in [0.2, 0.25) is 0 Å². The van der Waals surface area contributed by atoms with Crippen LogP contribution in [0.15, 0.2) is 0 Å². The van der Waals surface area contributed by atoms with E-state index in [4.69, 9.17) is 4.74 Å². The van der Waals surface area contributed by atoms with Crippen LogP contribution in [0.4, 0.5) is 0 Å². The first-order valence-electron chi connectivity index (χ1n) is 2.50. The minimum atomic E-state index is -0.407. The molecule has 1 unspecified atom stereocenters. The van der Waals surface area contributed by atoms with Gasteiger partial charge in [0.05, 0.1) is 0 Å². The SMILES string of the molecule is CC(Br)OCC[N+](=O)[O-]. The maximum Gasteiger partial charge on any atom is 0.226 e. The molecule has 4 nitrogen and oxygen atoms in total. The van der Waals surface area contributed by atoms with Crippen molar-refractivity contribution in [2.45, 2.75) is 11.9 Å². The minimum Gasteiger partial charge on any atom is -0.360 e. The zero-order valence-corrected chi connectivity index (χ0v) is 6.63. The van der Waals surface area contributed by atoms with E-state index < -0.39 is 4.92 Å². The summed E-state index contributed by atoms with van der Waals surface area (Å²) in [5, 5.41) is 9.59. The number of rotatable bonds is 4. The Labute approximate surface area is 61.5 Å². The molecule has 0 aromatic carbocycles. The summed E-state index contributed by atoms with van der Waals surface area (Å²) in [4.78, 5) is 9.28. The number of hydrogen-bond donors (Lipinski definition) is 0. The molecule has 0 heterocycles. The summed E-state index contributed by atoms with van der Waals surface area (Å²) in [5.74, 6) is 0. The van der Waals surface area contributed by atoms with Crippen LogP contribution in [0.25, 0.3) is 0 Å². The molecule has 5 heteroatoms. The van der Waals surface area contributed by atoms with E-state index >= 15 is 0 Å². The average Bonchev–Trinajstić information content (AvgIpc) is 1.63. The van der Waals surface area contributed by atoms with Crippen LogP contribution in [0.5, 0.6) is 0 Å². The smallest absolute Gasteiger partial charge is 0.226 e. The van der Waals surface area contributed by atoms with Crippen LogP contribution in [0.1, 0.15) is 6.92 Å². The number of nitro groups is 1. The highest BCUT2D eigenvalue weighted by Gasteiger charge is 1.98. The van der Waals surface area contributed by atoms with Gasteiger partial charge in [-0.1, -0.05) is 15.9 Å². The number of alkyl halides is 1. The number of hydrogen-bond acceptors (Lipinski definition) is 3. The predicted octanol–water partition coefficient (Wildman–Crippen LogP) is 1.02. The van der Waals surface area contributed by atoms with Crippen molar-refractivity contribution in [3.63, 3.8) is 0 Å². The minimum absolute atomic E-state index is 0.0996. The maximum atomic E-state index is 9.69. The zero-order chi connectivity index (χ0) is 7.28. The molecule has 0 aromatic rings. The molecule has 0 fully saturated rings. The molecule has 9 heavy (non-hydrogen) atoms. The molecule has 0 aliphatic carbocycles. The van der Waals surface area contributed by atoms with Crippen molar-refractivity contribution in [2.24, 2.45) is 0 Å². The van der Waals surface area contributed by atoms with Gasteiger partial charge in [0.25, 0.3) is 0 Å².